The van der Waals surface area contributed by atoms with Crippen LogP contribution in [-0.2, 0) is 6.42 Å². The highest BCUT2D eigenvalue weighted by Crippen LogP contribution is 2.16. The lowest BCUT2D eigenvalue weighted by Crippen LogP contribution is -2.51. The highest BCUT2D eigenvalue weighted by molar-refractivity contribution is 7.78. The number of hydrogen-bond donors (Lipinski definition) is 1. The number of rotatable bonds is 7. The first-order valence-corrected chi connectivity index (χ1v) is 8.21. The van der Waals surface area contributed by atoms with Crippen LogP contribution in [0, 0.1) is 0 Å². The summed E-state index contributed by atoms with van der Waals surface area (Å²) in [6, 6.07) is 10.2. The van der Waals surface area contributed by atoms with E-state index in [1.807, 2.05) is 30.5 Å². The van der Waals surface area contributed by atoms with E-state index in [9.17, 15) is 5.11 Å². The first-order valence-electron chi connectivity index (χ1n) is 7.74. The smallest absolute Gasteiger partial charge is 0.0786 e. The minimum Gasteiger partial charge on any atom is -0.388 e. The van der Waals surface area contributed by atoms with Crippen molar-refractivity contribution < 1.29 is 5.11 Å². The van der Waals surface area contributed by atoms with Crippen LogP contribution >= 0.6 is 12.2 Å². The molecule has 21 heavy (non-hydrogen) atoms. The zero-order chi connectivity index (χ0) is 15.1. The van der Waals surface area contributed by atoms with E-state index < -0.39 is 5.60 Å². The second-order valence-electron chi connectivity index (χ2n) is 6.23. The van der Waals surface area contributed by atoms with E-state index in [1.165, 1.54) is 5.56 Å². The number of nitrogens with zero attached hydrogens (tertiary/aromatic N) is 2. The number of hydrogen-bond acceptors (Lipinski definition) is 4. The molecule has 4 heteroatoms. The van der Waals surface area contributed by atoms with Crippen molar-refractivity contribution in [3.05, 3.63) is 35.9 Å². The average Bonchev–Trinajstić information content (AvgIpc) is 2.47. The van der Waals surface area contributed by atoms with Crippen LogP contribution < -0.4 is 0 Å². The Morgan fingerprint density at radius 1 is 1.14 bits per heavy atom. The van der Waals surface area contributed by atoms with Gasteiger partial charge in [-0.3, -0.25) is 4.90 Å². The molecule has 1 aromatic rings. The maximum atomic E-state index is 10.7. The maximum Gasteiger partial charge on any atom is 0.0786 e. The lowest BCUT2D eigenvalue weighted by atomic mass is 9.95. The SMILES string of the molecule is CC(O)(Cc1ccccc1)CN1CCN(CCC=S)CC1. The Hall–Kier alpha value is -0.810. The molecule has 0 saturated carbocycles. The van der Waals surface area contributed by atoms with Crippen LogP contribution in [0.2, 0.25) is 0 Å². The molecule has 1 heterocycles. The number of benzene rings is 1. The van der Waals surface area contributed by atoms with Gasteiger partial charge < -0.3 is 10.0 Å². The third-order valence-corrected chi connectivity index (χ3v) is 4.26. The highest BCUT2D eigenvalue weighted by atomic mass is 32.1. The Kier molecular flexibility index (Phi) is 6.30. The quantitative estimate of drug-likeness (QED) is 0.780. The fourth-order valence-corrected chi connectivity index (χ4v) is 3.08. The number of β-amino-alcohol motifs (C(OH)–C–C–N with tert-alkyl or cyclic N) is 1. The summed E-state index contributed by atoms with van der Waals surface area (Å²) in [7, 11) is 0. The summed E-state index contributed by atoms with van der Waals surface area (Å²) in [6.45, 7) is 7.96. The molecular weight excluding hydrogens is 280 g/mol. The molecule has 1 aliphatic heterocycles. The van der Waals surface area contributed by atoms with Gasteiger partial charge >= 0.3 is 0 Å². The van der Waals surface area contributed by atoms with Gasteiger partial charge in [0.05, 0.1) is 5.60 Å². The topological polar surface area (TPSA) is 26.7 Å². The van der Waals surface area contributed by atoms with Crippen LogP contribution in [0.1, 0.15) is 18.9 Å². The van der Waals surface area contributed by atoms with E-state index in [2.05, 4.69) is 21.9 Å². The van der Waals surface area contributed by atoms with Crippen molar-refractivity contribution in [3.8, 4) is 0 Å². The minimum atomic E-state index is -0.669. The van der Waals surface area contributed by atoms with Crippen LogP contribution in [0.3, 0.4) is 0 Å². The highest BCUT2D eigenvalue weighted by Gasteiger charge is 2.26. The van der Waals surface area contributed by atoms with Crippen LogP contribution in [0.15, 0.2) is 30.3 Å². The van der Waals surface area contributed by atoms with Gasteiger partial charge in [-0.25, -0.2) is 0 Å². The normalized spacial score (nSPS) is 20.1. The predicted octanol–water partition coefficient (Wildman–Crippen LogP) is 1.99. The largest absolute Gasteiger partial charge is 0.388 e. The molecular formula is C17H26N2OS. The van der Waals surface area contributed by atoms with Gasteiger partial charge in [0.15, 0.2) is 0 Å². The van der Waals surface area contributed by atoms with Gasteiger partial charge in [0.2, 0.25) is 0 Å². The summed E-state index contributed by atoms with van der Waals surface area (Å²) in [6.07, 6.45) is 1.69. The molecule has 0 radical (unpaired) electrons. The van der Waals surface area contributed by atoms with Crippen molar-refractivity contribution in [2.45, 2.75) is 25.4 Å². The van der Waals surface area contributed by atoms with Gasteiger partial charge in [0.1, 0.15) is 0 Å². The molecule has 2 rings (SSSR count). The Balaban J connectivity index is 1.77. The molecule has 0 spiro atoms. The zero-order valence-corrected chi connectivity index (χ0v) is 13.7. The predicted molar refractivity (Wildman–Crippen MR) is 91.9 cm³/mol. The molecule has 3 nitrogen and oxygen atoms in total. The van der Waals surface area contributed by atoms with Gasteiger partial charge in [0, 0.05) is 45.7 Å². The van der Waals surface area contributed by atoms with Crippen molar-refractivity contribution in [3.63, 3.8) is 0 Å². The fraction of sp³-hybridized carbons (Fsp3) is 0.588. The first kappa shape index (κ1) is 16.6. The average molecular weight is 306 g/mol. The van der Waals surface area contributed by atoms with Gasteiger partial charge in [-0.05, 0) is 24.3 Å². The summed E-state index contributed by atoms with van der Waals surface area (Å²) in [5.74, 6) is 0. The Bertz CT molecular complexity index is 428. The monoisotopic (exact) mass is 306 g/mol. The van der Waals surface area contributed by atoms with Gasteiger partial charge in [-0.1, -0.05) is 42.5 Å². The number of thiocarbonyl (C=S) groups is 1. The van der Waals surface area contributed by atoms with E-state index in [0.717, 1.165) is 45.7 Å². The summed E-state index contributed by atoms with van der Waals surface area (Å²) < 4.78 is 0. The van der Waals surface area contributed by atoms with Crippen molar-refractivity contribution in [2.75, 3.05) is 39.3 Å². The lowest BCUT2D eigenvalue weighted by molar-refractivity contribution is 0.00475. The minimum absolute atomic E-state index is 0.669. The molecule has 1 atom stereocenters. The van der Waals surface area contributed by atoms with E-state index >= 15 is 0 Å². The van der Waals surface area contributed by atoms with Crippen LogP contribution in [-0.4, -0.2) is 65.1 Å². The number of aliphatic hydroxyl groups is 1. The van der Waals surface area contributed by atoms with E-state index in [-0.39, 0.29) is 0 Å². The molecule has 116 valence electrons. The molecule has 1 saturated heterocycles. The third-order valence-electron chi connectivity index (χ3n) is 4.02. The summed E-state index contributed by atoms with van der Waals surface area (Å²) in [5.41, 5.74) is 0.528. The van der Waals surface area contributed by atoms with E-state index in [0.29, 0.717) is 6.42 Å². The molecule has 1 N–H and O–H groups in total. The van der Waals surface area contributed by atoms with Crippen molar-refractivity contribution in [2.24, 2.45) is 0 Å². The summed E-state index contributed by atoms with van der Waals surface area (Å²) in [4.78, 5) is 4.82. The molecule has 0 aliphatic carbocycles. The van der Waals surface area contributed by atoms with Crippen molar-refractivity contribution >= 4 is 17.6 Å². The second kappa shape index (κ2) is 7.99. The Labute approximate surface area is 133 Å². The molecule has 0 amide bonds. The second-order valence-corrected chi connectivity index (χ2v) is 6.57. The van der Waals surface area contributed by atoms with Crippen LogP contribution in [0.25, 0.3) is 0 Å². The Morgan fingerprint density at radius 3 is 2.38 bits per heavy atom. The van der Waals surface area contributed by atoms with Crippen LogP contribution in [0.4, 0.5) is 0 Å². The molecule has 1 unspecified atom stereocenters. The number of piperazine rings is 1. The molecule has 0 bridgehead atoms. The van der Waals surface area contributed by atoms with Gasteiger partial charge in [-0.15, -0.1) is 0 Å². The summed E-state index contributed by atoms with van der Waals surface area (Å²) in [5, 5.41) is 12.5. The van der Waals surface area contributed by atoms with Gasteiger partial charge in [-0.2, -0.15) is 0 Å². The van der Waals surface area contributed by atoms with Crippen LogP contribution in [0.5, 0.6) is 0 Å². The van der Waals surface area contributed by atoms with Crippen molar-refractivity contribution in [1.29, 1.82) is 0 Å². The molecule has 1 fully saturated rings. The standard InChI is InChI=1S/C17H26N2OS/c1-17(20,14-16-6-3-2-4-7-16)15-19-11-9-18(10-12-19)8-5-13-21/h2-4,6-7,13,20H,5,8-12,14-15H2,1H3. The van der Waals surface area contributed by atoms with Crippen molar-refractivity contribution in [1.82, 2.24) is 9.80 Å². The Morgan fingerprint density at radius 2 is 1.76 bits per heavy atom. The van der Waals surface area contributed by atoms with Gasteiger partial charge in [0.25, 0.3) is 0 Å². The van der Waals surface area contributed by atoms with E-state index in [4.69, 9.17) is 12.2 Å². The maximum absolute atomic E-state index is 10.7. The zero-order valence-electron chi connectivity index (χ0n) is 12.9. The third kappa shape index (κ3) is 5.83. The summed E-state index contributed by atoms with van der Waals surface area (Å²) >= 11 is 4.88. The molecule has 1 aliphatic rings. The van der Waals surface area contributed by atoms with E-state index in [1.54, 1.807) is 0 Å². The fourth-order valence-electron chi connectivity index (χ4n) is 2.98. The molecule has 1 aromatic carbocycles. The lowest BCUT2D eigenvalue weighted by Gasteiger charge is -2.38. The molecule has 0 aromatic heterocycles. The first-order chi connectivity index (χ1) is 10.1.